The molecular weight excluding hydrogens is 1750 g/mol. The van der Waals surface area contributed by atoms with Crippen molar-refractivity contribution < 1.29 is 91.7 Å². The van der Waals surface area contributed by atoms with Crippen LogP contribution < -0.4 is 76.1 Å². The van der Waals surface area contributed by atoms with Crippen LogP contribution in [0.3, 0.4) is 0 Å². The average molecular weight is 1880 g/mol. The third-order valence-electron chi connectivity index (χ3n) is 23.8. The molecule has 3 aromatic carbocycles. The molecule has 3 saturated heterocycles. The topological polar surface area (TPSA) is 627 Å². The molecule has 15 atom stereocenters. The van der Waals surface area contributed by atoms with E-state index in [0.29, 0.717) is 69.2 Å². The zero-order chi connectivity index (χ0) is 96.9. The van der Waals surface area contributed by atoms with Gasteiger partial charge in [-0.2, -0.15) is 11.8 Å². The molecule has 0 spiro atoms. The van der Waals surface area contributed by atoms with Crippen LogP contribution in [0.4, 0.5) is 0 Å². The SMILES string of the molecule is CCCC[C@H]1C(=O)N(C)[C@@H](CCCC)C(=O)N[C@@H](CCCNC(=N)N)C(=O)C[C@H](C(=O)NCC(N)=O)CSCC(=O)N[C@@H](Cc2ccc(Cl)cc2)C(=O)N(C)[C@@H](C)C(=O)N[C@@H](CC(N)=O)C(=O)N2CCC[C@H]2C(=O)N[C@@H](CN)C(=O)N[C@@H](CC(C)C)C(=O)N2C[C@H](O)C[C@H]2C(=O)N[C@@H](Cc2c[nH]c3ccccc23)C(=O)N[C@@H](CO)C(=O)N[C@@H](Cc2c[nH]c3ccccc23)C(=O)N1C. The molecule has 132 heavy (non-hydrogen) atoms. The number of aliphatic hydroxyl groups is 2. The molecule has 5 aromatic rings. The fraction of sp³-hybridized carbons (Fsp3) is 0.551. The second kappa shape index (κ2) is 50.4. The van der Waals surface area contributed by atoms with Gasteiger partial charge >= 0.3 is 0 Å². The average Bonchev–Trinajstić information content (AvgIpc) is 1.60. The highest BCUT2D eigenvalue weighted by Crippen LogP contribution is 2.28. The molecular formula is C89H127ClN22O19S. The van der Waals surface area contributed by atoms with Crippen LogP contribution in [0.2, 0.25) is 5.02 Å². The van der Waals surface area contributed by atoms with Crippen LogP contribution in [-0.4, -0.2) is 308 Å². The first-order chi connectivity index (χ1) is 62.8. The highest BCUT2D eigenvalue weighted by molar-refractivity contribution is 7.99. The first-order valence-electron chi connectivity index (χ1n) is 44.5. The number of hydrogen-bond donors (Lipinski definition) is 19. The van der Waals surface area contributed by atoms with Crippen molar-refractivity contribution in [3.05, 3.63) is 107 Å². The fourth-order valence-corrected chi connectivity index (χ4v) is 17.5. The lowest BCUT2D eigenvalue weighted by Gasteiger charge is -2.36. The molecule has 0 saturated carbocycles. The molecule has 8 rings (SSSR count). The second-order valence-corrected chi connectivity index (χ2v) is 35.7. The van der Waals surface area contributed by atoms with Crippen LogP contribution in [0, 0.1) is 17.2 Å². The maximum atomic E-state index is 15.7. The van der Waals surface area contributed by atoms with E-state index < -0.39 is 242 Å². The summed E-state index contributed by atoms with van der Waals surface area (Å²) in [7, 11) is 3.95. The lowest BCUT2D eigenvalue weighted by Crippen LogP contribution is -2.62. The van der Waals surface area contributed by atoms with Crippen LogP contribution in [0.15, 0.2) is 85.2 Å². The summed E-state index contributed by atoms with van der Waals surface area (Å²) in [5, 5.41) is 58.4. The number of guanidine groups is 1. The van der Waals surface area contributed by atoms with Crippen LogP contribution >= 0.6 is 23.4 Å². The maximum absolute atomic E-state index is 15.7. The number of benzene rings is 3. The van der Waals surface area contributed by atoms with Gasteiger partial charge in [-0.05, 0) is 98.7 Å². The Bertz CT molecular complexity index is 4960. The molecule has 2 aromatic heterocycles. The Morgan fingerprint density at radius 1 is 0.568 bits per heavy atom. The Balaban J connectivity index is 1.19. The molecule has 3 aliphatic heterocycles. The number of likely N-dealkylation sites (N-methyl/N-ethyl adjacent to an activating group) is 3. The molecule has 41 nitrogen and oxygen atoms in total. The van der Waals surface area contributed by atoms with Gasteiger partial charge in [0.2, 0.25) is 94.5 Å². The minimum Gasteiger partial charge on any atom is -0.394 e. The molecule has 3 aliphatic rings. The van der Waals surface area contributed by atoms with Gasteiger partial charge < -0.3 is 121 Å². The van der Waals surface area contributed by atoms with E-state index in [1.807, 2.05) is 13.8 Å². The van der Waals surface area contributed by atoms with Crippen molar-refractivity contribution in [2.75, 3.05) is 72.0 Å². The van der Waals surface area contributed by atoms with Gasteiger partial charge in [0, 0.05) is 124 Å². The molecule has 5 heterocycles. The molecule has 720 valence electrons. The number of primary amides is 2. The van der Waals surface area contributed by atoms with Gasteiger partial charge in [0.25, 0.3) is 0 Å². The quantitative estimate of drug-likeness (QED) is 0.0172. The van der Waals surface area contributed by atoms with Crippen molar-refractivity contribution in [1.82, 2.24) is 87.6 Å². The number of nitrogens with one attached hydrogen (secondary N) is 13. The van der Waals surface area contributed by atoms with Gasteiger partial charge in [0.1, 0.15) is 72.5 Å². The molecule has 0 unspecified atom stereocenters. The number of ketones is 1. The number of rotatable bonds is 25. The van der Waals surface area contributed by atoms with Crippen LogP contribution in [-0.2, 0) is 101 Å². The summed E-state index contributed by atoms with van der Waals surface area (Å²) in [6.07, 6.45) is 0.968. The predicted octanol–water partition coefficient (Wildman–Crippen LogP) is -1.90. The minimum absolute atomic E-state index is 0.00191. The van der Waals surface area contributed by atoms with E-state index in [-0.39, 0.29) is 95.4 Å². The molecule has 23 N–H and O–H groups in total. The van der Waals surface area contributed by atoms with Crippen LogP contribution in [0.5, 0.6) is 0 Å². The number of unbranched alkanes of at least 4 members (excludes halogenated alkanes) is 2. The number of Topliss-reactive ketones (excluding diaryl/α,β-unsaturated/α-hetero) is 1. The van der Waals surface area contributed by atoms with E-state index >= 15 is 38.4 Å². The Morgan fingerprint density at radius 2 is 1.10 bits per heavy atom. The number of aromatic nitrogens is 2. The number of carbonyl (C=O) groups excluding carboxylic acids is 17. The van der Waals surface area contributed by atoms with Crippen molar-refractivity contribution >= 4 is 151 Å². The lowest BCUT2D eigenvalue weighted by molar-refractivity contribution is -0.149. The van der Waals surface area contributed by atoms with Crippen molar-refractivity contribution in [2.24, 2.45) is 34.8 Å². The number of carbonyl (C=O) groups is 17. The fourth-order valence-electron chi connectivity index (χ4n) is 16.4. The number of aliphatic hydroxyl groups excluding tert-OH is 2. The summed E-state index contributed by atoms with van der Waals surface area (Å²) in [5.74, 6) is -18.5. The van der Waals surface area contributed by atoms with E-state index in [9.17, 15) is 53.4 Å². The van der Waals surface area contributed by atoms with E-state index in [1.54, 1.807) is 86.9 Å². The molecule has 3 fully saturated rings. The lowest BCUT2D eigenvalue weighted by atomic mass is 9.95. The standard InChI is InChI=1S/C89H127ClN22O19S/c1-9-11-24-68-81(124)101-60(23-17-31-96-89(94)95)72(115)37-53(77(120)99-43-74(93)117)46-132-47-75(118)100-63(34-50-27-29-54(90)30-28-50)84(127)108(6)49(5)76(119)103-65(39-73(92)116)86(129)111-32-18-26-69(111)82(125)106-66(40-91)79(122)104-62(33-48(3)4)87(130)112-44-55(114)38-71(112)83(126)102-61(35-51-41-97-58-21-15-13-19-56(51)58)78(121)107-67(45-113)80(123)105-64(36-52-42-98-59-22-16-14-20-57(52)59)85(128)110(8)70(25-12-10-2)88(131)109(68)7/h13-16,19-22,27-30,41-42,48-49,53,55,60-71,97-98,113-114H,9-12,17-18,23-26,31-40,43-47,91H2,1-8H3,(H2,92,116)(H2,93,117)(H,99,120)(H,100,118)(H,101,124)(H,102,126)(H,103,119)(H,104,122)(H,105,123)(H,106,125)(H,107,121)(H4,94,95,96)/t49-,53-,55+,60-,61-,62-,63-,64-,65-,66-,67-,68-,69-,70-,71-/m0/s1. The Kier molecular flexibility index (Phi) is 40.1. The number of fused-ring (bicyclic) bond motifs is 4. The highest BCUT2D eigenvalue weighted by atomic mass is 35.5. The zero-order valence-corrected chi connectivity index (χ0v) is 77.2. The first kappa shape index (κ1) is 105. The maximum Gasteiger partial charge on any atom is 0.246 e. The normalized spacial score (nSPS) is 25.1. The molecule has 16 amide bonds. The number of thioether (sulfide) groups is 1. The van der Waals surface area contributed by atoms with Gasteiger partial charge in [0.05, 0.1) is 43.4 Å². The van der Waals surface area contributed by atoms with E-state index in [1.165, 1.54) is 45.1 Å². The summed E-state index contributed by atoms with van der Waals surface area (Å²) < 4.78 is 0. The van der Waals surface area contributed by atoms with Crippen molar-refractivity contribution in [3.8, 4) is 0 Å². The summed E-state index contributed by atoms with van der Waals surface area (Å²) in [4.78, 5) is 261. The molecule has 0 bridgehead atoms. The Hall–Kier alpha value is -12.3. The highest BCUT2D eigenvalue weighted by Gasteiger charge is 2.47. The number of para-hydroxylation sites is 2. The number of H-pyrrole nitrogens is 2. The van der Waals surface area contributed by atoms with E-state index in [2.05, 4.69) is 63.1 Å². The number of halogens is 1. The zero-order valence-electron chi connectivity index (χ0n) is 75.7. The van der Waals surface area contributed by atoms with Gasteiger partial charge in [-0.1, -0.05) is 114 Å². The molecule has 0 aliphatic carbocycles. The summed E-state index contributed by atoms with van der Waals surface area (Å²) >= 11 is 7.09. The predicted molar refractivity (Wildman–Crippen MR) is 491 cm³/mol. The number of nitrogens with two attached hydrogens (primary N) is 4. The van der Waals surface area contributed by atoms with Gasteiger partial charge in [0.15, 0.2) is 11.7 Å². The largest absolute Gasteiger partial charge is 0.394 e. The summed E-state index contributed by atoms with van der Waals surface area (Å²) in [6.45, 7) is 5.54. The van der Waals surface area contributed by atoms with Crippen LogP contribution in [0.1, 0.15) is 141 Å². The number of amides is 16. The summed E-state index contributed by atoms with van der Waals surface area (Å²) in [5.41, 5.74) is 25.7. The van der Waals surface area contributed by atoms with Crippen molar-refractivity contribution in [3.63, 3.8) is 0 Å². The summed E-state index contributed by atoms with van der Waals surface area (Å²) in [6, 6.07) is 0.364. The van der Waals surface area contributed by atoms with E-state index in [4.69, 9.17) is 39.9 Å². The third kappa shape index (κ3) is 29.4. The molecule has 0 radical (unpaired) electrons. The van der Waals surface area contributed by atoms with Crippen LogP contribution in [0.25, 0.3) is 21.8 Å². The van der Waals surface area contributed by atoms with Gasteiger partial charge in [-0.25, -0.2) is 0 Å². The number of hydrogen-bond acceptors (Lipinski definition) is 22. The van der Waals surface area contributed by atoms with Gasteiger partial charge in [-0.3, -0.25) is 86.9 Å². The Labute approximate surface area is 774 Å². The van der Waals surface area contributed by atoms with E-state index in [0.717, 1.165) is 31.4 Å². The molecule has 43 heteroatoms. The Morgan fingerprint density at radius 3 is 1.70 bits per heavy atom. The van der Waals surface area contributed by atoms with Crippen molar-refractivity contribution in [2.45, 2.75) is 228 Å². The number of nitrogens with zero attached hydrogens (tertiary/aromatic N) is 5. The smallest absolute Gasteiger partial charge is 0.246 e. The monoisotopic (exact) mass is 1870 g/mol. The van der Waals surface area contributed by atoms with Gasteiger partial charge in [-0.15, -0.1) is 0 Å². The first-order valence-corrected chi connectivity index (χ1v) is 46.0. The minimum atomic E-state index is -1.88. The number of aromatic amines is 2. The van der Waals surface area contributed by atoms with Crippen molar-refractivity contribution in [1.29, 1.82) is 5.41 Å². The second-order valence-electron chi connectivity index (χ2n) is 34.2. The third-order valence-corrected chi connectivity index (χ3v) is 25.2.